The third-order valence-corrected chi connectivity index (χ3v) is 4.94. The van der Waals surface area contributed by atoms with Gasteiger partial charge in [-0.2, -0.15) is 0 Å². The van der Waals surface area contributed by atoms with E-state index in [9.17, 15) is 8.42 Å². The van der Waals surface area contributed by atoms with E-state index < -0.39 is 10.0 Å². The van der Waals surface area contributed by atoms with Gasteiger partial charge in [0, 0.05) is 19.1 Å². The minimum atomic E-state index is -3.65. The highest BCUT2D eigenvalue weighted by Crippen LogP contribution is 2.15. The fraction of sp³-hybridized carbons (Fsp3) is 0.667. The maximum Gasteiger partial charge on any atom is 0.276 e. The molecule has 0 saturated carbocycles. The molecule has 6 nitrogen and oxygen atoms in total. The lowest BCUT2D eigenvalue weighted by Gasteiger charge is -2.33. The summed E-state index contributed by atoms with van der Waals surface area (Å²) in [5, 5.41) is 0.0692. The highest BCUT2D eigenvalue weighted by atomic mass is 35.5. The predicted octanol–water partition coefficient (Wildman–Crippen LogP) is 1.28. The Labute approximate surface area is 124 Å². The molecule has 1 aliphatic rings. The molecule has 8 heteroatoms. The van der Waals surface area contributed by atoms with Crippen LogP contribution in [0, 0.1) is 0 Å². The number of halogens is 1. The summed E-state index contributed by atoms with van der Waals surface area (Å²) in [4.78, 5) is 9.75. The summed E-state index contributed by atoms with van der Waals surface area (Å²) >= 11 is 5.64. The van der Waals surface area contributed by atoms with Gasteiger partial charge >= 0.3 is 0 Å². The van der Waals surface area contributed by atoms with Crippen LogP contribution in [0.15, 0.2) is 17.6 Å². The van der Waals surface area contributed by atoms with Crippen LogP contribution in [0.4, 0.5) is 0 Å². The summed E-state index contributed by atoms with van der Waals surface area (Å²) in [7, 11) is -3.65. The number of likely N-dealkylation sites (tertiary alicyclic amines) is 1. The molecule has 0 bridgehead atoms. The first-order valence-corrected chi connectivity index (χ1v) is 8.56. The largest absolute Gasteiger partial charge is 0.299 e. The first-order chi connectivity index (χ1) is 9.49. The number of aromatic nitrogens is 2. The summed E-state index contributed by atoms with van der Waals surface area (Å²) in [6.07, 6.45) is 6.15. The van der Waals surface area contributed by atoms with Crippen LogP contribution in [0.25, 0.3) is 0 Å². The van der Waals surface area contributed by atoms with E-state index in [-0.39, 0.29) is 5.16 Å². The number of nitrogens with one attached hydrogen (secondary N) is 1. The van der Waals surface area contributed by atoms with Crippen LogP contribution in [0.3, 0.4) is 0 Å². The second kappa shape index (κ2) is 6.80. The molecule has 20 heavy (non-hydrogen) atoms. The average molecular weight is 319 g/mol. The standard InChI is InChI=1S/C12H19ClN4O2S/c1-10-4-2-3-6-17(10)7-5-16-20(18,19)12-14-8-11(13)9-15-12/h8-10,16H,2-7H2,1H3. The molecule has 1 aromatic heterocycles. The summed E-state index contributed by atoms with van der Waals surface area (Å²) in [5.74, 6) is 0. The van der Waals surface area contributed by atoms with E-state index in [4.69, 9.17) is 11.6 Å². The first-order valence-electron chi connectivity index (χ1n) is 6.70. The molecule has 0 aliphatic carbocycles. The lowest BCUT2D eigenvalue weighted by molar-refractivity contribution is 0.164. The molecule has 1 unspecified atom stereocenters. The van der Waals surface area contributed by atoms with Crippen molar-refractivity contribution in [3.05, 3.63) is 17.4 Å². The third-order valence-electron chi connectivity index (χ3n) is 3.47. The molecule has 1 N–H and O–H groups in total. The molecule has 1 aromatic rings. The van der Waals surface area contributed by atoms with Gasteiger partial charge in [-0.1, -0.05) is 18.0 Å². The van der Waals surface area contributed by atoms with Crippen molar-refractivity contribution in [3.8, 4) is 0 Å². The lowest BCUT2D eigenvalue weighted by atomic mass is 10.0. The van der Waals surface area contributed by atoms with Crippen LogP contribution in [0.5, 0.6) is 0 Å². The van der Waals surface area contributed by atoms with Gasteiger partial charge in [0.05, 0.1) is 17.4 Å². The number of hydrogen-bond donors (Lipinski definition) is 1. The second-order valence-corrected chi connectivity index (χ2v) is 7.06. The van der Waals surface area contributed by atoms with Crippen molar-refractivity contribution in [2.24, 2.45) is 0 Å². The predicted molar refractivity (Wildman–Crippen MR) is 77.1 cm³/mol. The van der Waals surface area contributed by atoms with Crippen molar-refractivity contribution in [3.63, 3.8) is 0 Å². The first kappa shape index (κ1) is 15.6. The molecule has 2 heterocycles. The van der Waals surface area contributed by atoms with Crippen molar-refractivity contribution in [2.75, 3.05) is 19.6 Å². The zero-order valence-corrected chi connectivity index (χ0v) is 13.0. The molecule has 1 atom stereocenters. The molecule has 112 valence electrons. The molecule has 0 spiro atoms. The van der Waals surface area contributed by atoms with Gasteiger partial charge < -0.3 is 0 Å². The Morgan fingerprint density at radius 3 is 2.75 bits per heavy atom. The lowest BCUT2D eigenvalue weighted by Crippen LogP contribution is -2.42. The van der Waals surface area contributed by atoms with Crippen molar-refractivity contribution >= 4 is 21.6 Å². The fourth-order valence-electron chi connectivity index (χ4n) is 2.32. The third kappa shape index (κ3) is 4.12. The van der Waals surface area contributed by atoms with E-state index >= 15 is 0 Å². The number of rotatable bonds is 5. The summed E-state index contributed by atoms with van der Waals surface area (Å²) in [6, 6.07) is 0.514. The number of nitrogens with zero attached hydrogens (tertiary/aromatic N) is 3. The molecule has 1 aliphatic heterocycles. The maximum atomic E-state index is 12.0. The van der Waals surface area contributed by atoms with Gasteiger partial charge in [0.2, 0.25) is 0 Å². The van der Waals surface area contributed by atoms with Crippen molar-refractivity contribution < 1.29 is 8.42 Å². The molecule has 0 amide bonds. The summed E-state index contributed by atoms with van der Waals surface area (Å²) < 4.78 is 26.5. The van der Waals surface area contributed by atoms with E-state index in [1.807, 2.05) is 0 Å². The number of hydrogen-bond acceptors (Lipinski definition) is 5. The van der Waals surface area contributed by atoms with Gasteiger partial charge in [-0.25, -0.2) is 23.1 Å². The molecule has 1 fully saturated rings. The van der Waals surface area contributed by atoms with E-state index in [0.717, 1.165) is 6.54 Å². The van der Waals surface area contributed by atoms with E-state index in [1.54, 1.807) is 0 Å². The van der Waals surface area contributed by atoms with Crippen LogP contribution in [0.1, 0.15) is 26.2 Å². The molecule has 0 radical (unpaired) electrons. The van der Waals surface area contributed by atoms with Crippen molar-refractivity contribution in [1.82, 2.24) is 19.6 Å². The summed E-state index contributed by atoms with van der Waals surface area (Å²) in [6.45, 7) is 4.27. The Morgan fingerprint density at radius 1 is 1.40 bits per heavy atom. The van der Waals surface area contributed by atoms with Gasteiger partial charge in [0.25, 0.3) is 15.2 Å². The second-order valence-electron chi connectivity index (χ2n) is 4.96. The highest BCUT2D eigenvalue weighted by Gasteiger charge is 2.20. The molecular formula is C12H19ClN4O2S. The minimum absolute atomic E-state index is 0.242. The molecule has 0 aromatic carbocycles. The monoisotopic (exact) mass is 318 g/mol. The average Bonchev–Trinajstić information content (AvgIpc) is 2.41. The van der Waals surface area contributed by atoms with Crippen molar-refractivity contribution in [2.45, 2.75) is 37.4 Å². The number of piperidine rings is 1. The Hall–Kier alpha value is -0.760. The zero-order chi connectivity index (χ0) is 14.6. The van der Waals surface area contributed by atoms with E-state index in [1.165, 1.54) is 31.7 Å². The smallest absolute Gasteiger partial charge is 0.276 e. The Bertz CT molecular complexity index is 535. The quantitative estimate of drug-likeness (QED) is 0.828. The van der Waals surface area contributed by atoms with Gasteiger partial charge in [0.1, 0.15) is 0 Å². The Morgan fingerprint density at radius 2 is 2.10 bits per heavy atom. The number of sulfonamides is 1. The Kier molecular flexibility index (Phi) is 5.31. The van der Waals surface area contributed by atoms with Crippen molar-refractivity contribution in [1.29, 1.82) is 0 Å². The van der Waals surface area contributed by atoms with Gasteiger partial charge in [0.15, 0.2) is 0 Å². The highest BCUT2D eigenvalue weighted by molar-refractivity contribution is 7.89. The zero-order valence-electron chi connectivity index (χ0n) is 11.4. The summed E-state index contributed by atoms with van der Waals surface area (Å²) in [5.41, 5.74) is 0. The normalized spacial score (nSPS) is 21.0. The molecular weight excluding hydrogens is 300 g/mol. The van der Waals surface area contributed by atoms with Crippen LogP contribution in [0.2, 0.25) is 5.02 Å². The van der Waals surface area contributed by atoms with E-state index in [2.05, 4.69) is 26.5 Å². The van der Waals surface area contributed by atoms with Crippen LogP contribution >= 0.6 is 11.6 Å². The minimum Gasteiger partial charge on any atom is -0.299 e. The van der Waals surface area contributed by atoms with E-state index in [0.29, 0.717) is 24.2 Å². The van der Waals surface area contributed by atoms with Gasteiger partial charge in [-0.05, 0) is 26.3 Å². The van der Waals surface area contributed by atoms with Gasteiger partial charge in [-0.15, -0.1) is 0 Å². The SMILES string of the molecule is CC1CCCCN1CCNS(=O)(=O)c1ncc(Cl)cn1. The van der Waals surface area contributed by atoms with Crippen LogP contribution in [-0.2, 0) is 10.0 Å². The molecule has 1 saturated heterocycles. The Balaban J connectivity index is 1.87. The van der Waals surface area contributed by atoms with Crippen LogP contribution in [-0.4, -0.2) is 49.0 Å². The topological polar surface area (TPSA) is 75.2 Å². The van der Waals surface area contributed by atoms with Crippen LogP contribution < -0.4 is 4.72 Å². The fourth-order valence-corrected chi connectivity index (χ4v) is 3.29. The maximum absolute atomic E-state index is 12.0. The van der Waals surface area contributed by atoms with Gasteiger partial charge in [-0.3, -0.25) is 4.90 Å². The molecule has 2 rings (SSSR count).